The third kappa shape index (κ3) is 11.1. The third-order valence-electron chi connectivity index (χ3n) is 3.32. The number of carbonyl (C=O) groups excluding carboxylic acids is 1. The van der Waals surface area contributed by atoms with Gasteiger partial charge in [-0.1, -0.05) is 19.8 Å². The maximum Gasteiger partial charge on any atom is 0.326 e. The smallest absolute Gasteiger partial charge is 0.326 e. The predicted molar refractivity (Wildman–Crippen MR) is 103 cm³/mol. The molecule has 1 saturated heterocycles. The Labute approximate surface area is 157 Å². The number of ether oxygens (including phenoxy) is 1. The van der Waals surface area contributed by atoms with Gasteiger partial charge in [0.05, 0.1) is 6.61 Å². The van der Waals surface area contributed by atoms with Crippen LogP contribution in [0.5, 0.6) is 0 Å². The van der Waals surface area contributed by atoms with Crippen LogP contribution in [0.3, 0.4) is 0 Å². The van der Waals surface area contributed by atoms with Gasteiger partial charge >= 0.3 is 11.9 Å². The van der Waals surface area contributed by atoms with Crippen LogP contribution in [-0.2, 0) is 25.6 Å². The Morgan fingerprint density at radius 2 is 2.26 bits per heavy atom. The van der Waals surface area contributed by atoms with E-state index in [1.165, 1.54) is 5.14 Å². The van der Waals surface area contributed by atoms with E-state index in [4.69, 9.17) is 25.6 Å². The molecule has 3 atom stereocenters. The van der Waals surface area contributed by atoms with Crippen molar-refractivity contribution < 1.29 is 23.5 Å². The SMILES string of the molecule is CC(CCCCOP(O)(=S)OC1CO1)CC(C)(C)NC(=O)[B]I. The molecule has 2 N–H and O–H groups in total. The highest BCUT2D eigenvalue weighted by Crippen LogP contribution is 2.47. The van der Waals surface area contributed by atoms with Gasteiger partial charge in [0.25, 0.3) is 0 Å². The zero-order chi connectivity index (χ0) is 17.5. The van der Waals surface area contributed by atoms with Crippen LogP contribution in [0.25, 0.3) is 0 Å². The van der Waals surface area contributed by atoms with Crippen LogP contribution in [-0.4, -0.2) is 40.9 Å². The Balaban J connectivity index is 2.12. The summed E-state index contributed by atoms with van der Waals surface area (Å²) in [5.74, 6) is 0.428. The van der Waals surface area contributed by atoms with E-state index in [-0.39, 0.29) is 17.6 Å². The molecule has 1 radical (unpaired) electrons. The molecule has 1 aliphatic heterocycles. The quantitative estimate of drug-likeness (QED) is 0.148. The molecule has 0 bridgehead atoms. The Morgan fingerprint density at radius 1 is 1.61 bits per heavy atom. The number of epoxide rings is 1. The van der Waals surface area contributed by atoms with Gasteiger partial charge in [-0.2, -0.15) is 0 Å². The first-order valence-electron chi connectivity index (χ1n) is 7.66. The van der Waals surface area contributed by atoms with Crippen molar-refractivity contribution in [1.29, 1.82) is 0 Å². The van der Waals surface area contributed by atoms with Gasteiger partial charge in [-0.25, -0.2) is 0 Å². The van der Waals surface area contributed by atoms with Crippen molar-refractivity contribution in [2.45, 2.75) is 58.3 Å². The second-order valence-electron chi connectivity index (χ2n) is 6.46. The van der Waals surface area contributed by atoms with Gasteiger partial charge in [0.2, 0.25) is 0 Å². The average molecular weight is 476 g/mol. The number of unbranched alkanes of at least 4 members (excludes halogenated alkanes) is 1. The minimum Gasteiger partial charge on any atom is -0.360 e. The molecule has 10 heteroatoms. The number of hydrogen-bond acceptors (Lipinski definition) is 5. The highest BCUT2D eigenvalue weighted by Gasteiger charge is 2.31. The molecule has 1 heterocycles. The summed E-state index contributed by atoms with van der Waals surface area (Å²) in [6, 6.07) is 0. The second-order valence-corrected chi connectivity index (χ2v) is 9.87. The first kappa shape index (κ1) is 21.8. The first-order chi connectivity index (χ1) is 10.6. The normalized spacial score (nSPS) is 21.3. The van der Waals surface area contributed by atoms with Gasteiger partial charge in [0.1, 0.15) is 6.61 Å². The molecule has 0 saturated carbocycles. The minimum absolute atomic E-state index is 0.0514. The maximum absolute atomic E-state index is 11.4. The highest BCUT2D eigenvalue weighted by atomic mass is 127. The first-order valence-corrected chi connectivity index (χ1v) is 11.5. The lowest BCUT2D eigenvalue weighted by Crippen LogP contribution is -2.45. The molecule has 0 aromatic carbocycles. The summed E-state index contributed by atoms with van der Waals surface area (Å²) in [7, 11) is 0. The van der Waals surface area contributed by atoms with Crippen molar-refractivity contribution in [2.24, 2.45) is 5.92 Å². The summed E-state index contributed by atoms with van der Waals surface area (Å²) in [6.45, 7) is 3.95. The number of amides is 1. The van der Waals surface area contributed by atoms with Crippen LogP contribution in [0.1, 0.15) is 46.5 Å². The van der Waals surface area contributed by atoms with Crippen LogP contribution in [0.2, 0.25) is 0 Å². The van der Waals surface area contributed by atoms with Gasteiger partial charge in [-0.3, -0.25) is 9.32 Å². The summed E-state index contributed by atoms with van der Waals surface area (Å²) < 4.78 is 15.2. The van der Waals surface area contributed by atoms with Crippen LogP contribution < -0.4 is 5.32 Å². The predicted octanol–water partition coefficient (Wildman–Crippen LogP) is 3.33. The molecule has 1 rings (SSSR count). The van der Waals surface area contributed by atoms with Gasteiger partial charge in [0.15, 0.2) is 12.1 Å². The molecular formula is C13H25BINO5PS. The largest absolute Gasteiger partial charge is 0.360 e. The van der Waals surface area contributed by atoms with E-state index in [1.807, 2.05) is 36.2 Å². The van der Waals surface area contributed by atoms with E-state index >= 15 is 0 Å². The van der Waals surface area contributed by atoms with Gasteiger partial charge in [0, 0.05) is 5.54 Å². The maximum atomic E-state index is 11.4. The van der Waals surface area contributed by atoms with Crippen molar-refractivity contribution in [3.05, 3.63) is 0 Å². The van der Waals surface area contributed by atoms with Crippen molar-refractivity contribution >= 4 is 51.8 Å². The summed E-state index contributed by atoms with van der Waals surface area (Å²) in [6.07, 6.45) is 3.33. The topological polar surface area (TPSA) is 80.3 Å². The molecule has 0 spiro atoms. The number of hydrogen-bond donors (Lipinski definition) is 2. The molecule has 0 aromatic rings. The average Bonchev–Trinajstić information content (AvgIpc) is 3.19. The number of carbonyl (C=O) groups is 1. The summed E-state index contributed by atoms with van der Waals surface area (Å²) in [5, 5.41) is 4.49. The van der Waals surface area contributed by atoms with Crippen molar-refractivity contribution in [3.8, 4) is 0 Å². The molecule has 133 valence electrons. The zero-order valence-corrected chi connectivity index (χ0v) is 17.7. The molecule has 1 fully saturated rings. The number of rotatable bonds is 12. The number of nitrogens with one attached hydrogen (secondary N) is 1. The third-order valence-corrected chi connectivity index (χ3v) is 5.47. The standard InChI is InChI=1S/C13H25BINO5PS/c1-10(8-13(2,3)16-12(17)14-15)6-4-5-7-20-22(18,23)21-11-9-19-11/h10-11H,4-9H2,1-3H3,(H,16,17)(H,18,23). The van der Waals surface area contributed by atoms with E-state index in [9.17, 15) is 9.69 Å². The van der Waals surface area contributed by atoms with E-state index in [2.05, 4.69) is 12.2 Å². The van der Waals surface area contributed by atoms with Crippen molar-refractivity contribution in [3.63, 3.8) is 0 Å². The van der Waals surface area contributed by atoms with Crippen LogP contribution >= 0.6 is 29.1 Å². The fraction of sp³-hybridized carbons (Fsp3) is 0.923. The molecule has 3 unspecified atom stereocenters. The monoisotopic (exact) mass is 476 g/mol. The van der Waals surface area contributed by atoms with Crippen molar-refractivity contribution in [2.75, 3.05) is 13.2 Å². The molecule has 6 nitrogen and oxygen atoms in total. The lowest BCUT2D eigenvalue weighted by molar-refractivity contribution is 0.129. The van der Waals surface area contributed by atoms with Gasteiger partial charge < -0.3 is 19.5 Å². The van der Waals surface area contributed by atoms with Gasteiger partial charge in [-0.05, 0) is 44.4 Å². The fourth-order valence-corrected chi connectivity index (χ4v) is 3.95. The van der Waals surface area contributed by atoms with Crippen molar-refractivity contribution in [1.82, 2.24) is 5.32 Å². The van der Waals surface area contributed by atoms with E-state index in [0.717, 1.165) is 25.7 Å². The summed E-state index contributed by atoms with van der Waals surface area (Å²) in [4.78, 5) is 21.2. The van der Waals surface area contributed by atoms with E-state index < -0.39 is 6.72 Å². The Bertz CT molecular complexity index is 439. The summed E-state index contributed by atoms with van der Waals surface area (Å²) in [5.41, 5.74) is -0.223. The Morgan fingerprint density at radius 3 is 2.83 bits per heavy atom. The Kier molecular flexibility index (Phi) is 9.51. The van der Waals surface area contributed by atoms with Crippen LogP contribution in [0.4, 0.5) is 4.79 Å². The van der Waals surface area contributed by atoms with Crippen LogP contribution in [0.15, 0.2) is 0 Å². The van der Waals surface area contributed by atoms with Crippen LogP contribution in [0, 0.1) is 5.92 Å². The highest BCUT2D eigenvalue weighted by molar-refractivity contribution is 14.1. The molecule has 1 amide bonds. The lowest BCUT2D eigenvalue weighted by Gasteiger charge is -2.29. The lowest BCUT2D eigenvalue weighted by atomic mass is 9.87. The molecular weight excluding hydrogens is 451 g/mol. The zero-order valence-electron chi connectivity index (χ0n) is 13.8. The van der Waals surface area contributed by atoms with E-state index in [1.54, 1.807) is 0 Å². The molecule has 23 heavy (non-hydrogen) atoms. The minimum atomic E-state index is -3.15. The second kappa shape index (κ2) is 10.0. The molecule has 1 aliphatic rings. The van der Waals surface area contributed by atoms with Gasteiger partial charge in [-0.15, -0.1) is 22.4 Å². The van der Waals surface area contributed by atoms with E-state index in [0.29, 0.717) is 19.1 Å². The molecule has 0 aromatic heterocycles. The summed E-state index contributed by atoms with van der Waals surface area (Å²) >= 11 is 6.82. The fourth-order valence-electron chi connectivity index (χ4n) is 2.44. The number of halogens is 1. The molecule has 0 aliphatic carbocycles. The Hall–Kier alpha value is 0.755.